The first kappa shape index (κ1) is 18.2. The molecule has 2 N–H and O–H groups in total. The molecule has 7 heteroatoms. The molecule has 1 aromatic heterocycles. The van der Waals surface area contributed by atoms with E-state index in [1.807, 2.05) is 20.8 Å². The van der Waals surface area contributed by atoms with Gasteiger partial charge in [0.15, 0.2) is 0 Å². The van der Waals surface area contributed by atoms with Gasteiger partial charge in [0.1, 0.15) is 5.76 Å². The molecule has 0 aliphatic heterocycles. The molecule has 0 saturated carbocycles. The van der Waals surface area contributed by atoms with E-state index < -0.39 is 10.0 Å². The second-order valence-electron chi connectivity index (χ2n) is 6.12. The topological polar surface area (TPSA) is 88.4 Å². The van der Waals surface area contributed by atoms with Gasteiger partial charge in [-0.3, -0.25) is 4.79 Å². The van der Waals surface area contributed by atoms with Crippen LogP contribution in [-0.4, -0.2) is 19.9 Å². The smallest absolute Gasteiger partial charge is 0.251 e. The van der Waals surface area contributed by atoms with Crippen molar-refractivity contribution < 1.29 is 17.6 Å². The van der Waals surface area contributed by atoms with Gasteiger partial charge in [-0.15, -0.1) is 0 Å². The molecule has 6 nitrogen and oxygen atoms in total. The van der Waals surface area contributed by atoms with Crippen molar-refractivity contribution in [2.45, 2.75) is 44.2 Å². The van der Waals surface area contributed by atoms with Crippen LogP contribution in [0.2, 0.25) is 0 Å². The summed E-state index contributed by atoms with van der Waals surface area (Å²) in [5.74, 6) is 0.297. The fourth-order valence-corrected chi connectivity index (χ4v) is 2.91. The molecule has 2 rings (SSSR count). The summed E-state index contributed by atoms with van der Waals surface area (Å²) in [7, 11) is -3.66. The molecule has 130 valence electrons. The minimum absolute atomic E-state index is 0.0717. The van der Waals surface area contributed by atoms with Crippen LogP contribution in [0.25, 0.3) is 0 Å². The van der Waals surface area contributed by atoms with E-state index in [0.717, 1.165) is 6.42 Å². The second-order valence-corrected chi connectivity index (χ2v) is 7.89. The summed E-state index contributed by atoms with van der Waals surface area (Å²) in [5.41, 5.74) is 0.105. The van der Waals surface area contributed by atoms with E-state index in [0.29, 0.717) is 11.3 Å². The van der Waals surface area contributed by atoms with Gasteiger partial charge in [0.25, 0.3) is 5.91 Å². The van der Waals surface area contributed by atoms with Crippen molar-refractivity contribution in [1.29, 1.82) is 0 Å². The lowest BCUT2D eigenvalue weighted by atomic mass is 10.0. The first-order chi connectivity index (χ1) is 11.2. The number of nitrogens with one attached hydrogen (secondary N) is 2. The largest absolute Gasteiger partial charge is 0.468 e. The first-order valence-electron chi connectivity index (χ1n) is 7.68. The van der Waals surface area contributed by atoms with Gasteiger partial charge >= 0.3 is 0 Å². The number of furan rings is 1. The van der Waals surface area contributed by atoms with E-state index in [4.69, 9.17) is 4.42 Å². The summed E-state index contributed by atoms with van der Waals surface area (Å²) >= 11 is 0. The van der Waals surface area contributed by atoms with Gasteiger partial charge in [-0.2, -0.15) is 0 Å². The molecule has 0 bridgehead atoms. The Balaban J connectivity index is 2.06. The number of hydrogen-bond acceptors (Lipinski definition) is 4. The van der Waals surface area contributed by atoms with Gasteiger partial charge in [0.05, 0.1) is 17.7 Å². The van der Waals surface area contributed by atoms with Crippen molar-refractivity contribution >= 4 is 15.9 Å². The van der Waals surface area contributed by atoms with Crippen LogP contribution in [0.15, 0.2) is 52.0 Å². The maximum Gasteiger partial charge on any atom is 0.251 e. The number of carbonyl (C=O) groups excluding carboxylic acids is 1. The molecule has 1 aromatic carbocycles. The molecule has 0 radical (unpaired) electrons. The summed E-state index contributed by atoms with van der Waals surface area (Å²) in [4.78, 5) is 12.3. The molecular weight excluding hydrogens is 328 g/mol. The lowest BCUT2D eigenvalue weighted by Crippen LogP contribution is -2.42. The van der Waals surface area contributed by atoms with E-state index in [1.165, 1.54) is 30.5 Å². The summed E-state index contributed by atoms with van der Waals surface area (Å²) in [5, 5.41) is 2.91. The number of sulfonamides is 1. The lowest BCUT2D eigenvalue weighted by molar-refractivity contribution is 0.0911. The number of amides is 1. The molecule has 0 spiro atoms. The van der Waals surface area contributed by atoms with E-state index in [-0.39, 0.29) is 22.9 Å². The van der Waals surface area contributed by atoms with Crippen molar-refractivity contribution in [1.82, 2.24) is 10.0 Å². The van der Waals surface area contributed by atoms with Gasteiger partial charge in [0, 0.05) is 11.1 Å². The Kier molecular flexibility index (Phi) is 5.46. The Morgan fingerprint density at radius 3 is 2.38 bits per heavy atom. The highest BCUT2D eigenvalue weighted by Gasteiger charge is 2.20. The van der Waals surface area contributed by atoms with Crippen molar-refractivity contribution in [2.24, 2.45) is 0 Å². The standard InChI is InChI=1S/C17H22N2O4S/c1-4-17(2,3)19-16(20)13-7-9-15(10-8-13)24(21,22)18-12-14-6-5-11-23-14/h5-11,18H,4,12H2,1-3H3,(H,19,20). The van der Waals surface area contributed by atoms with Crippen LogP contribution in [0.3, 0.4) is 0 Å². The van der Waals surface area contributed by atoms with Gasteiger partial charge in [-0.25, -0.2) is 13.1 Å². The number of benzene rings is 1. The third kappa shape index (κ3) is 4.69. The zero-order valence-electron chi connectivity index (χ0n) is 14.0. The summed E-state index contributed by atoms with van der Waals surface area (Å²) in [6, 6.07) is 9.21. The van der Waals surface area contributed by atoms with Crippen LogP contribution in [0.1, 0.15) is 43.3 Å². The molecule has 2 aromatic rings. The van der Waals surface area contributed by atoms with Crippen LogP contribution < -0.4 is 10.0 Å². The minimum Gasteiger partial charge on any atom is -0.468 e. The van der Waals surface area contributed by atoms with E-state index in [2.05, 4.69) is 10.0 Å². The third-order valence-corrected chi connectivity index (χ3v) is 5.20. The second kappa shape index (κ2) is 7.19. The van der Waals surface area contributed by atoms with E-state index in [1.54, 1.807) is 12.1 Å². The summed E-state index contributed by atoms with van der Waals surface area (Å²) in [6.07, 6.45) is 2.27. The quantitative estimate of drug-likeness (QED) is 0.803. The number of hydrogen-bond donors (Lipinski definition) is 2. The minimum atomic E-state index is -3.66. The molecule has 1 amide bonds. The number of rotatable bonds is 7. The zero-order chi connectivity index (χ0) is 17.8. The Labute approximate surface area is 142 Å². The van der Waals surface area contributed by atoms with Crippen LogP contribution in [0.4, 0.5) is 0 Å². The van der Waals surface area contributed by atoms with Crippen LogP contribution in [-0.2, 0) is 16.6 Å². The lowest BCUT2D eigenvalue weighted by Gasteiger charge is -2.24. The molecule has 0 atom stereocenters. The van der Waals surface area contributed by atoms with Crippen LogP contribution in [0, 0.1) is 0 Å². The third-order valence-electron chi connectivity index (χ3n) is 3.78. The fraction of sp³-hybridized carbons (Fsp3) is 0.353. The Hall–Kier alpha value is -2.12. The molecule has 1 heterocycles. The van der Waals surface area contributed by atoms with Crippen LogP contribution >= 0.6 is 0 Å². The molecule has 0 fully saturated rings. The van der Waals surface area contributed by atoms with Crippen LogP contribution in [0.5, 0.6) is 0 Å². The fourth-order valence-electron chi connectivity index (χ4n) is 1.92. The van der Waals surface area contributed by atoms with Crippen molar-refractivity contribution in [2.75, 3.05) is 0 Å². The Morgan fingerprint density at radius 2 is 1.83 bits per heavy atom. The molecule has 0 aliphatic carbocycles. The summed E-state index contributed by atoms with van der Waals surface area (Å²) < 4.78 is 32.0. The Bertz CT molecular complexity index is 779. The molecule has 0 aliphatic rings. The SMILES string of the molecule is CCC(C)(C)NC(=O)c1ccc(S(=O)(=O)NCc2ccco2)cc1. The highest BCUT2D eigenvalue weighted by atomic mass is 32.2. The average Bonchev–Trinajstić information content (AvgIpc) is 3.06. The van der Waals surface area contributed by atoms with Gasteiger partial charge in [-0.1, -0.05) is 6.92 Å². The highest BCUT2D eigenvalue weighted by molar-refractivity contribution is 7.89. The highest BCUT2D eigenvalue weighted by Crippen LogP contribution is 2.14. The van der Waals surface area contributed by atoms with E-state index in [9.17, 15) is 13.2 Å². The predicted molar refractivity (Wildman–Crippen MR) is 91.0 cm³/mol. The average molecular weight is 350 g/mol. The van der Waals surface area contributed by atoms with Crippen molar-refractivity contribution in [3.8, 4) is 0 Å². The molecule has 0 unspecified atom stereocenters. The van der Waals surface area contributed by atoms with Gasteiger partial charge in [-0.05, 0) is 56.7 Å². The van der Waals surface area contributed by atoms with Crippen molar-refractivity contribution in [3.63, 3.8) is 0 Å². The summed E-state index contributed by atoms with van der Waals surface area (Å²) in [6.45, 7) is 5.92. The van der Waals surface area contributed by atoms with Gasteiger partial charge in [0.2, 0.25) is 10.0 Å². The van der Waals surface area contributed by atoms with E-state index >= 15 is 0 Å². The molecular formula is C17H22N2O4S. The van der Waals surface area contributed by atoms with Gasteiger partial charge < -0.3 is 9.73 Å². The Morgan fingerprint density at radius 1 is 1.17 bits per heavy atom. The van der Waals surface area contributed by atoms with Crippen molar-refractivity contribution in [3.05, 3.63) is 54.0 Å². The normalized spacial score (nSPS) is 12.1. The maximum atomic E-state index is 12.2. The maximum absolute atomic E-state index is 12.2. The predicted octanol–water partition coefficient (Wildman–Crippen LogP) is 2.68. The molecule has 0 saturated heterocycles. The first-order valence-corrected chi connectivity index (χ1v) is 9.16. The monoisotopic (exact) mass is 350 g/mol. The molecule has 24 heavy (non-hydrogen) atoms. The zero-order valence-corrected chi connectivity index (χ0v) is 14.8. The number of carbonyl (C=O) groups is 1.